The standard InChI is InChI=1S/C18H25BN2O2/c1-13-7-8-14(15(9-13)11-20)10-16(12-21-6)19-22-17(2,3)18(4,5)23-19/h7-10,21H,12H2,1-6H3. The van der Waals surface area contributed by atoms with E-state index in [-0.39, 0.29) is 11.2 Å². The molecule has 0 aromatic heterocycles. The summed E-state index contributed by atoms with van der Waals surface area (Å²) in [7, 11) is 1.47. The molecule has 0 spiro atoms. The third-order valence-corrected chi connectivity index (χ3v) is 4.61. The molecule has 1 aliphatic heterocycles. The molecule has 0 bridgehead atoms. The highest BCUT2D eigenvalue weighted by atomic mass is 16.7. The highest BCUT2D eigenvalue weighted by Gasteiger charge is 2.52. The van der Waals surface area contributed by atoms with Crippen LogP contribution in [0.1, 0.15) is 44.4 Å². The van der Waals surface area contributed by atoms with E-state index < -0.39 is 7.12 Å². The van der Waals surface area contributed by atoms with Gasteiger partial charge in [0.2, 0.25) is 0 Å². The van der Waals surface area contributed by atoms with Crippen molar-refractivity contribution in [3.8, 4) is 6.07 Å². The minimum atomic E-state index is -0.416. The van der Waals surface area contributed by atoms with Gasteiger partial charge >= 0.3 is 7.12 Å². The molecule has 0 atom stereocenters. The summed E-state index contributed by atoms with van der Waals surface area (Å²) in [6, 6.07) is 8.13. The molecule has 122 valence electrons. The maximum Gasteiger partial charge on any atom is 0.491 e. The second kappa shape index (κ2) is 6.49. The van der Waals surface area contributed by atoms with Crippen LogP contribution in [0.15, 0.2) is 23.7 Å². The van der Waals surface area contributed by atoms with Crippen molar-refractivity contribution in [3.05, 3.63) is 40.4 Å². The Labute approximate surface area is 139 Å². The fraction of sp³-hybridized carbons (Fsp3) is 0.500. The molecule has 0 aliphatic carbocycles. The lowest BCUT2D eigenvalue weighted by atomic mass is 9.76. The molecule has 5 heteroatoms. The van der Waals surface area contributed by atoms with Crippen molar-refractivity contribution in [2.24, 2.45) is 0 Å². The number of likely N-dealkylation sites (N-methyl/N-ethyl adjacent to an activating group) is 1. The summed E-state index contributed by atoms with van der Waals surface area (Å²) in [5.74, 6) is 0. The maximum atomic E-state index is 9.36. The summed E-state index contributed by atoms with van der Waals surface area (Å²) < 4.78 is 12.3. The number of hydrogen-bond donors (Lipinski definition) is 1. The zero-order valence-corrected chi connectivity index (χ0v) is 14.9. The first-order valence-electron chi connectivity index (χ1n) is 7.91. The second-order valence-electron chi connectivity index (χ2n) is 7.04. The summed E-state index contributed by atoms with van der Waals surface area (Å²) in [5.41, 5.74) is 2.84. The van der Waals surface area contributed by atoms with Crippen LogP contribution in [-0.2, 0) is 9.31 Å². The van der Waals surface area contributed by atoms with E-state index in [9.17, 15) is 5.26 Å². The number of nitrogens with one attached hydrogen (secondary N) is 1. The van der Waals surface area contributed by atoms with Crippen molar-refractivity contribution in [2.75, 3.05) is 13.6 Å². The normalized spacial score (nSPS) is 19.7. The van der Waals surface area contributed by atoms with Crippen LogP contribution in [0.25, 0.3) is 6.08 Å². The van der Waals surface area contributed by atoms with Gasteiger partial charge < -0.3 is 14.6 Å². The minimum absolute atomic E-state index is 0.379. The fourth-order valence-corrected chi connectivity index (χ4v) is 2.49. The van der Waals surface area contributed by atoms with Crippen LogP contribution >= 0.6 is 0 Å². The Bertz CT molecular complexity index is 643. The summed E-state index contributed by atoms with van der Waals surface area (Å²) in [6.45, 7) is 10.8. The molecule has 0 amide bonds. The first kappa shape index (κ1) is 17.7. The highest BCUT2D eigenvalue weighted by molar-refractivity contribution is 6.56. The van der Waals surface area contributed by atoms with Gasteiger partial charge in [-0.15, -0.1) is 0 Å². The Morgan fingerprint density at radius 3 is 2.39 bits per heavy atom. The largest absolute Gasteiger partial charge is 0.491 e. The van der Waals surface area contributed by atoms with Crippen LogP contribution in [0.2, 0.25) is 0 Å². The lowest BCUT2D eigenvalue weighted by molar-refractivity contribution is 0.00578. The Hall–Kier alpha value is -1.61. The van der Waals surface area contributed by atoms with Gasteiger partial charge in [0.15, 0.2) is 0 Å². The van der Waals surface area contributed by atoms with Crippen molar-refractivity contribution >= 4 is 13.2 Å². The number of rotatable bonds is 4. The third kappa shape index (κ3) is 3.66. The van der Waals surface area contributed by atoms with Gasteiger partial charge in [0.05, 0.1) is 22.8 Å². The molecule has 1 fully saturated rings. The van der Waals surface area contributed by atoms with Gasteiger partial charge in [-0.1, -0.05) is 18.2 Å². The molecule has 1 aromatic carbocycles. The molecular formula is C18H25BN2O2. The summed E-state index contributed by atoms with van der Waals surface area (Å²) in [4.78, 5) is 0. The SMILES string of the molecule is CNCC(=Cc1ccc(C)cc1C#N)B1OC(C)(C)C(C)(C)O1. The van der Waals surface area contributed by atoms with Crippen molar-refractivity contribution in [2.45, 2.75) is 45.8 Å². The summed E-state index contributed by atoms with van der Waals surface area (Å²) in [5, 5.41) is 12.5. The number of nitriles is 1. The van der Waals surface area contributed by atoms with Crippen molar-refractivity contribution in [1.29, 1.82) is 5.26 Å². The molecule has 1 heterocycles. The molecule has 0 saturated carbocycles. The third-order valence-electron chi connectivity index (χ3n) is 4.61. The van der Waals surface area contributed by atoms with Crippen molar-refractivity contribution < 1.29 is 9.31 Å². The monoisotopic (exact) mass is 312 g/mol. The first-order chi connectivity index (χ1) is 10.7. The van der Waals surface area contributed by atoms with E-state index in [4.69, 9.17) is 9.31 Å². The number of hydrogen-bond acceptors (Lipinski definition) is 4. The number of aryl methyl sites for hydroxylation is 1. The minimum Gasteiger partial charge on any atom is -0.400 e. The van der Waals surface area contributed by atoms with Crippen LogP contribution < -0.4 is 5.32 Å². The lowest BCUT2D eigenvalue weighted by Gasteiger charge is -2.32. The van der Waals surface area contributed by atoms with Crippen LogP contribution in [0, 0.1) is 18.3 Å². The van der Waals surface area contributed by atoms with Gasteiger partial charge in [0, 0.05) is 6.54 Å². The Balaban J connectivity index is 2.39. The van der Waals surface area contributed by atoms with Gasteiger partial charge in [0.25, 0.3) is 0 Å². The predicted molar refractivity (Wildman–Crippen MR) is 93.9 cm³/mol. The highest BCUT2D eigenvalue weighted by Crippen LogP contribution is 2.38. The van der Waals surface area contributed by atoms with Gasteiger partial charge in [-0.2, -0.15) is 5.26 Å². The van der Waals surface area contributed by atoms with Crippen LogP contribution in [0.4, 0.5) is 0 Å². The molecule has 2 rings (SSSR count). The lowest BCUT2D eigenvalue weighted by Crippen LogP contribution is -2.41. The molecule has 4 nitrogen and oxygen atoms in total. The summed E-state index contributed by atoms with van der Waals surface area (Å²) >= 11 is 0. The van der Waals surface area contributed by atoms with Gasteiger partial charge in [-0.3, -0.25) is 0 Å². The van der Waals surface area contributed by atoms with Gasteiger partial charge in [-0.05, 0) is 64.3 Å². The fourth-order valence-electron chi connectivity index (χ4n) is 2.49. The Morgan fingerprint density at radius 1 is 1.26 bits per heavy atom. The van der Waals surface area contributed by atoms with Crippen LogP contribution in [-0.4, -0.2) is 31.9 Å². The molecular weight excluding hydrogens is 287 g/mol. The molecule has 0 unspecified atom stereocenters. The topological polar surface area (TPSA) is 54.3 Å². The van der Waals surface area contributed by atoms with Crippen LogP contribution in [0.3, 0.4) is 0 Å². The molecule has 1 N–H and O–H groups in total. The van der Waals surface area contributed by atoms with E-state index in [1.54, 1.807) is 0 Å². The van der Waals surface area contributed by atoms with Crippen molar-refractivity contribution in [3.63, 3.8) is 0 Å². The van der Waals surface area contributed by atoms with Crippen LogP contribution in [0.5, 0.6) is 0 Å². The summed E-state index contributed by atoms with van der Waals surface area (Å²) in [6.07, 6.45) is 2.00. The van der Waals surface area contributed by atoms with E-state index in [0.29, 0.717) is 12.1 Å². The van der Waals surface area contributed by atoms with E-state index in [1.165, 1.54) is 0 Å². The van der Waals surface area contributed by atoms with Gasteiger partial charge in [0.1, 0.15) is 0 Å². The maximum absolute atomic E-state index is 9.36. The van der Waals surface area contributed by atoms with E-state index >= 15 is 0 Å². The number of benzene rings is 1. The molecule has 1 aromatic rings. The molecule has 23 heavy (non-hydrogen) atoms. The second-order valence-corrected chi connectivity index (χ2v) is 7.04. The predicted octanol–water partition coefficient (Wildman–Crippen LogP) is 3.10. The van der Waals surface area contributed by atoms with E-state index in [2.05, 4.69) is 11.4 Å². The van der Waals surface area contributed by atoms with E-state index in [0.717, 1.165) is 16.6 Å². The zero-order valence-electron chi connectivity index (χ0n) is 14.9. The Kier molecular flexibility index (Phi) is 5.00. The number of nitrogens with zero attached hydrogens (tertiary/aromatic N) is 1. The first-order valence-corrected chi connectivity index (χ1v) is 7.91. The quantitative estimate of drug-likeness (QED) is 0.868. The molecule has 1 saturated heterocycles. The molecule has 0 radical (unpaired) electrons. The Morgan fingerprint density at radius 2 is 1.87 bits per heavy atom. The smallest absolute Gasteiger partial charge is 0.400 e. The molecule has 1 aliphatic rings. The average molecular weight is 312 g/mol. The van der Waals surface area contributed by atoms with E-state index in [1.807, 2.05) is 65.9 Å². The van der Waals surface area contributed by atoms with Crippen molar-refractivity contribution in [1.82, 2.24) is 5.32 Å². The van der Waals surface area contributed by atoms with Gasteiger partial charge in [-0.25, -0.2) is 0 Å². The zero-order chi connectivity index (χ0) is 17.3. The average Bonchev–Trinajstić information content (AvgIpc) is 2.68.